The van der Waals surface area contributed by atoms with Crippen LogP contribution in [-0.4, -0.2) is 53.0 Å². The van der Waals surface area contributed by atoms with Gasteiger partial charge in [-0.3, -0.25) is 9.59 Å². The van der Waals surface area contributed by atoms with Gasteiger partial charge >= 0.3 is 6.09 Å². The quantitative estimate of drug-likeness (QED) is 0.380. The molecule has 0 heterocycles. The first-order chi connectivity index (χ1) is 17.8. The first-order valence-corrected chi connectivity index (χ1v) is 14.4. The molecule has 8 heteroatoms. The number of nitrogens with zero attached hydrogens (tertiary/aromatic N) is 1. The Morgan fingerprint density at radius 1 is 1.00 bits per heavy atom. The Kier molecular flexibility index (Phi) is 11.2. The number of ether oxygens (including phenoxy) is 1. The smallest absolute Gasteiger partial charge is 0.408 e. The highest BCUT2D eigenvalue weighted by Crippen LogP contribution is 2.29. The summed E-state index contributed by atoms with van der Waals surface area (Å²) < 4.78 is 5.44. The molecule has 2 N–H and O–H groups in total. The van der Waals surface area contributed by atoms with Crippen LogP contribution in [0.15, 0.2) is 36.4 Å². The Bertz CT molecular complexity index is 1120. The molecular weight excluding hydrogens is 498 g/mol. The molecule has 0 aliphatic carbocycles. The molecule has 0 aromatic heterocycles. The van der Waals surface area contributed by atoms with E-state index in [4.69, 9.17) is 4.74 Å². The third kappa shape index (κ3) is 8.51. The van der Waals surface area contributed by atoms with Crippen LogP contribution in [0.1, 0.15) is 68.0 Å². The summed E-state index contributed by atoms with van der Waals surface area (Å²) in [5, 5.41) is 5.86. The number of benzene rings is 2. The van der Waals surface area contributed by atoms with Gasteiger partial charge in [-0.1, -0.05) is 42.0 Å². The Morgan fingerprint density at radius 2 is 1.63 bits per heavy atom. The molecule has 38 heavy (non-hydrogen) atoms. The van der Waals surface area contributed by atoms with E-state index in [2.05, 4.69) is 10.6 Å². The van der Waals surface area contributed by atoms with Crippen LogP contribution in [0.25, 0.3) is 0 Å². The summed E-state index contributed by atoms with van der Waals surface area (Å²) in [7, 11) is 0. The van der Waals surface area contributed by atoms with Crippen molar-refractivity contribution in [2.75, 3.05) is 23.9 Å². The number of para-hydroxylation sites is 1. The number of hydrogen-bond donors (Lipinski definition) is 2. The number of thioether (sulfide) groups is 1. The summed E-state index contributed by atoms with van der Waals surface area (Å²) in [4.78, 5) is 42.2. The van der Waals surface area contributed by atoms with Crippen LogP contribution >= 0.6 is 11.8 Å². The number of aryl methyl sites for hydroxylation is 4. The number of amides is 3. The molecule has 7 nitrogen and oxygen atoms in total. The van der Waals surface area contributed by atoms with Crippen molar-refractivity contribution in [3.05, 3.63) is 64.2 Å². The molecule has 2 unspecified atom stereocenters. The van der Waals surface area contributed by atoms with Crippen LogP contribution in [0, 0.1) is 27.7 Å². The second-order valence-electron chi connectivity index (χ2n) is 10.6. The van der Waals surface area contributed by atoms with Crippen LogP contribution in [0.2, 0.25) is 0 Å². The van der Waals surface area contributed by atoms with Crippen LogP contribution in [-0.2, 0) is 14.3 Å². The lowest BCUT2D eigenvalue weighted by atomic mass is 9.96. The average Bonchev–Trinajstić information content (AvgIpc) is 2.81. The predicted molar refractivity (Wildman–Crippen MR) is 157 cm³/mol. The fraction of sp³-hybridized carbons (Fsp3) is 0.500. The zero-order valence-corrected chi connectivity index (χ0v) is 25.0. The molecule has 0 radical (unpaired) electrons. The van der Waals surface area contributed by atoms with Crippen molar-refractivity contribution in [2.24, 2.45) is 0 Å². The molecule has 0 aliphatic heterocycles. The number of alkyl carbamates (subject to hydrolysis) is 1. The first kappa shape index (κ1) is 31.2. The van der Waals surface area contributed by atoms with Gasteiger partial charge in [0.05, 0.1) is 0 Å². The molecule has 0 spiro atoms. The van der Waals surface area contributed by atoms with E-state index in [0.717, 1.165) is 33.5 Å². The zero-order chi connectivity index (χ0) is 28.6. The van der Waals surface area contributed by atoms with Crippen molar-refractivity contribution in [3.63, 3.8) is 0 Å². The fourth-order valence-electron chi connectivity index (χ4n) is 4.39. The molecule has 2 aromatic carbocycles. The first-order valence-electron chi connectivity index (χ1n) is 13.0. The van der Waals surface area contributed by atoms with E-state index in [1.807, 2.05) is 77.3 Å². The molecular formula is C30H43N3O4S. The van der Waals surface area contributed by atoms with Crippen molar-refractivity contribution < 1.29 is 19.1 Å². The van der Waals surface area contributed by atoms with E-state index in [0.29, 0.717) is 12.2 Å². The van der Waals surface area contributed by atoms with Crippen molar-refractivity contribution in [2.45, 2.75) is 79.5 Å². The normalized spacial score (nSPS) is 12.9. The van der Waals surface area contributed by atoms with Gasteiger partial charge in [-0.25, -0.2) is 4.79 Å². The van der Waals surface area contributed by atoms with Gasteiger partial charge in [0.1, 0.15) is 17.7 Å². The molecule has 0 bridgehead atoms. The number of nitrogens with one attached hydrogen (secondary N) is 2. The maximum atomic E-state index is 14.0. The zero-order valence-electron chi connectivity index (χ0n) is 24.2. The lowest BCUT2D eigenvalue weighted by Crippen LogP contribution is -2.52. The van der Waals surface area contributed by atoms with Gasteiger partial charge in [-0.15, -0.1) is 0 Å². The van der Waals surface area contributed by atoms with Crippen LogP contribution < -0.4 is 10.6 Å². The lowest BCUT2D eigenvalue weighted by molar-refractivity contribution is -0.140. The van der Waals surface area contributed by atoms with E-state index >= 15 is 0 Å². The highest BCUT2D eigenvalue weighted by atomic mass is 32.2. The Balaban J connectivity index is 2.52. The van der Waals surface area contributed by atoms with E-state index in [1.165, 1.54) is 0 Å². The average molecular weight is 542 g/mol. The number of anilines is 1. The second kappa shape index (κ2) is 13.7. The minimum absolute atomic E-state index is 0.281. The number of likely N-dealkylation sites (N-methyl/N-ethyl adjacent to an activating group) is 1. The monoisotopic (exact) mass is 541 g/mol. The van der Waals surface area contributed by atoms with Crippen molar-refractivity contribution in [3.8, 4) is 0 Å². The molecule has 0 aliphatic rings. The van der Waals surface area contributed by atoms with Crippen molar-refractivity contribution >= 4 is 35.4 Å². The van der Waals surface area contributed by atoms with Gasteiger partial charge in [-0.05, 0) is 96.1 Å². The van der Waals surface area contributed by atoms with Crippen molar-refractivity contribution in [1.82, 2.24) is 10.2 Å². The summed E-state index contributed by atoms with van der Waals surface area (Å²) in [6.07, 6.45) is 1.70. The van der Waals surface area contributed by atoms with E-state index in [-0.39, 0.29) is 18.4 Å². The van der Waals surface area contributed by atoms with Gasteiger partial charge in [0.25, 0.3) is 5.91 Å². The number of hydrogen-bond acceptors (Lipinski definition) is 5. The number of carbonyl (C=O) groups excluding carboxylic acids is 3. The fourth-order valence-corrected chi connectivity index (χ4v) is 4.87. The molecule has 208 valence electrons. The second-order valence-corrected chi connectivity index (χ2v) is 11.6. The Hall–Kier alpha value is -3.00. The van der Waals surface area contributed by atoms with Gasteiger partial charge in [0.15, 0.2) is 0 Å². The summed E-state index contributed by atoms with van der Waals surface area (Å²) in [5.41, 5.74) is 4.65. The molecule has 0 fully saturated rings. The molecule has 3 amide bonds. The van der Waals surface area contributed by atoms with Crippen molar-refractivity contribution in [1.29, 1.82) is 0 Å². The molecule has 0 saturated carbocycles. The van der Waals surface area contributed by atoms with Gasteiger partial charge < -0.3 is 20.3 Å². The van der Waals surface area contributed by atoms with Crippen LogP contribution in [0.3, 0.4) is 0 Å². The third-order valence-electron chi connectivity index (χ3n) is 6.23. The minimum Gasteiger partial charge on any atom is -0.444 e. The summed E-state index contributed by atoms with van der Waals surface area (Å²) in [6, 6.07) is 9.99. The van der Waals surface area contributed by atoms with Crippen LogP contribution in [0.5, 0.6) is 0 Å². The largest absolute Gasteiger partial charge is 0.444 e. The summed E-state index contributed by atoms with van der Waals surface area (Å²) in [5.74, 6) is 0.0338. The van der Waals surface area contributed by atoms with E-state index in [1.54, 1.807) is 37.4 Å². The minimum atomic E-state index is -0.885. The summed E-state index contributed by atoms with van der Waals surface area (Å²) >= 11 is 1.58. The lowest BCUT2D eigenvalue weighted by Gasteiger charge is -2.34. The standard InChI is InChI=1S/C30H43N3O4S/c1-10-33(28(35)24(16-17-38-9)31-29(36)37-30(6,7)8)26(23-15-14-19(2)18-22(23)5)27(34)32-25-20(3)12-11-13-21(25)4/h11-15,18,24,26H,10,16-17H2,1-9H3,(H,31,36)(H,32,34). The molecule has 2 aromatic rings. The van der Waals surface area contributed by atoms with E-state index in [9.17, 15) is 14.4 Å². The highest BCUT2D eigenvalue weighted by molar-refractivity contribution is 7.98. The Labute approximate surface area is 232 Å². The Morgan fingerprint density at radius 3 is 2.16 bits per heavy atom. The molecule has 0 saturated heterocycles. The van der Waals surface area contributed by atoms with Gasteiger partial charge in [0, 0.05) is 12.2 Å². The number of carbonyl (C=O) groups is 3. The maximum absolute atomic E-state index is 14.0. The number of rotatable bonds is 10. The SMILES string of the molecule is CCN(C(=O)C(CCSC)NC(=O)OC(C)(C)C)C(C(=O)Nc1c(C)cccc1C)c1ccc(C)cc1C. The predicted octanol–water partition coefficient (Wildman–Crippen LogP) is 6.09. The molecule has 2 rings (SSSR count). The maximum Gasteiger partial charge on any atom is 0.408 e. The van der Waals surface area contributed by atoms with Crippen LogP contribution in [0.4, 0.5) is 10.5 Å². The topological polar surface area (TPSA) is 87.7 Å². The molecule has 2 atom stereocenters. The third-order valence-corrected chi connectivity index (χ3v) is 6.88. The van der Waals surface area contributed by atoms with Gasteiger partial charge in [-0.2, -0.15) is 11.8 Å². The van der Waals surface area contributed by atoms with E-state index < -0.39 is 23.8 Å². The highest BCUT2D eigenvalue weighted by Gasteiger charge is 2.36. The van der Waals surface area contributed by atoms with Gasteiger partial charge in [0.2, 0.25) is 5.91 Å². The summed E-state index contributed by atoms with van der Waals surface area (Å²) in [6.45, 7) is 15.3.